The van der Waals surface area contributed by atoms with E-state index in [1.165, 1.54) is 0 Å². The summed E-state index contributed by atoms with van der Waals surface area (Å²) in [6.45, 7) is 7.54. The van der Waals surface area contributed by atoms with Crippen molar-refractivity contribution in [2.75, 3.05) is 5.88 Å². The third kappa shape index (κ3) is 1.46. The largest absolute Gasteiger partial charge is 0.361 e. The van der Waals surface area contributed by atoms with Crippen LogP contribution in [-0.2, 0) is 0 Å². The average molecular weight is 172 g/mol. The van der Waals surface area contributed by atoms with Crippen LogP contribution in [0.5, 0.6) is 0 Å². The third-order valence-electron chi connectivity index (χ3n) is 1.55. The zero-order valence-corrected chi connectivity index (χ0v) is 7.40. The van der Waals surface area contributed by atoms with E-state index in [2.05, 4.69) is 11.7 Å². The molecule has 0 amide bonds. The van der Waals surface area contributed by atoms with Gasteiger partial charge in [0.05, 0.1) is 5.69 Å². The number of hydrogen-bond acceptors (Lipinski definition) is 2. The van der Waals surface area contributed by atoms with Crippen LogP contribution in [0.1, 0.15) is 17.0 Å². The summed E-state index contributed by atoms with van der Waals surface area (Å²) in [4.78, 5) is 0. The Hall–Kier alpha value is -0.760. The van der Waals surface area contributed by atoms with Crippen molar-refractivity contribution >= 4 is 17.2 Å². The molecule has 60 valence electrons. The smallest absolute Gasteiger partial charge is 0.141 e. The van der Waals surface area contributed by atoms with Crippen LogP contribution in [0.15, 0.2) is 11.1 Å². The molecule has 1 rings (SSSR count). The number of nitrogens with zero attached hydrogens (tertiary/aromatic N) is 1. The highest BCUT2D eigenvalue weighted by Gasteiger charge is 2.10. The van der Waals surface area contributed by atoms with E-state index in [1.807, 2.05) is 13.8 Å². The van der Waals surface area contributed by atoms with E-state index in [0.717, 1.165) is 22.6 Å². The topological polar surface area (TPSA) is 26.0 Å². The van der Waals surface area contributed by atoms with Crippen LogP contribution in [0.2, 0.25) is 0 Å². The van der Waals surface area contributed by atoms with Gasteiger partial charge in [-0.3, -0.25) is 0 Å². The van der Waals surface area contributed by atoms with Crippen LogP contribution in [-0.4, -0.2) is 11.0 Å². The van der Waals surface area contributed by atoms with Crippen LogP contribution in [0.4, 0.5) is 0 Å². The summed E-state index contributed by atoms with van der Waals surface area (Å²) >= 11 is 5.62. The van der Waals surface area contributed by atoms with Crippen molar-refractivity contribution in [3.8, 4) is 0 Å². The zero-order chi connectivity index (χ0) is 8.43. The Bertz CT molecular complexity index is 258. The van der Waals surface area contributed by atoms with Gasteiger partial charge in [-0.15, -0.1) is 11.6 Å². The molecule has 0 fully saturated rings. The normalized spacial score (nSPS) is 10.1. The summed E-state index contributed by atoms with van der Waals surface area (Å²) < 4.78 is 4.95. The summed E-state index contributed by atoms with van der Waals surface area (Å²) in [5.41, 5.74) is 2.68. The SMILES string of the molecule is C=C(CCl)c1c(C)noc1C. The Morgan fingerprint density at radius 2 is 2.27 bits per heavy atom. The maximum Gasteiger partial charge on any atom is 0.141 e. The third-order valence-corrected chi connectivity index (χ3v) is 1.87. The monoisotopic (exact) mass is 171 g/mol. The molecule has 0 atom stereocenters. The molecule has 1 aromatic rings. The molecule has 1 heterocycles. The molecule has 0 unspecified atom stereocenters. The molecule has 0 aliphatic carbocycles. The molecular weight excluding hydrogens is 162 g/mol. The maximum absolute atomic E-state index is 5.62. The summed E-state index contributed by atoms with van der Waals surface area (Å²) in [6, 6.07) is 0. The first-order valence-corrected chi connectivity index (χ1v) is 3.87. The van der Waals surface area contributed by atoms with Gasteiger partial charge in [0, 0.05) is 11.4 Å². The van der Waals surface area contributed by atoms with Crippen molar-refractivity contribution in [1.29, 1.82) is 0 Å². The fraction of sp³-hybridized carbons (Fsp3) is 0.375. The Labute approximate surface area is 70.8 Å². The lowest BCUT2D eigenvalue weighted by atomic mass is 10.1. The fourth-order valence-corrected chi connectivity index (χ4v) is 1.19. The number of hydrogen-bond donors (Lipinski definition) is 0. The van der Waals surface area contributed by atoms with Crippen molar-refractivity contribution < 1.29 is 4.52 Å². The van der Waals surface area contributed by atoms with Gasteiger partial charge in [0.15, 0.2) is 0 Å². The molecule has 0 N–H and O–H groups in total. The Kier molecular flexibility index (Phi) is 2.35. The van der Waals surface area contributed by atoms with Gasteiger partial charge >= 0.3 is 0 Å². The highest BCUT2D eigenvalue weighted by molar-refractivity contribution is 6.23. The minimum absolute atomic E-state index is 0.420. The first-order valence-electron chi connectivity index (χ1n) is 3.33. The van der Waals surface area contributed by atoms with E-state index < -0.39 is 0 Å². The van der Waals surface area contributed by atoms with Crippen LogP contribution < -0.4 is 0 Å². The van der Waals surface area contributed by atoms with Crippen LogP contribution >= 0.6 is 11.6 Å². The Balaban J connectivity index is 3.10. The van der Waals surface area contributed by atoms with E-state index >= 15 is 0 Å². The van der Waals surface area contributed by atoms with Gasteiger partial charge in [-0.2, -0.15) is 0 Å². The first-order chi connectivity index (χ1) is 5.16. The average Bonchev–Trinajstić information content (AvgIpc) is 2.30. The minimum atomic E-state index is 0.420. The van der Waals surface area contributed by atoms with Crippen LogP contribution in [0, 0.1) is 13.8 Å². The maximum atomic E-state index is 5.62. The number of alkyl halides is 1. The lowest BCUT2D eigenvalue weighted by Crippen LogP contribution is -1.87. The minimum Gasteiger partial charge on any atom is -0.361 e. The molecule has 0 radical (unpaired) electrons. The lowest BCUT2D eigenvalue weighted by Gasteiger charge is -1.97. The van der Waals surface area contributed by atoms with Crippen molar-refractivity contribution in [2.24, 2.45) is 0 Å². The number of rotatable bonds is 2. The second-order valence-electron chi connectivity index (χ2n) is 2.44. The summed E-state index contributed by atoms with van der Waals surface area (Å²) in [6.07, 6.45) is 0. The summed E-state index contributed by atoms with van der Waals surface area (Å²) in [5.74, 6) is 1.20. The first kappa shape index (κ1) is 8.34. The number of aromatic nitrogens is 1. The molecule has 0 bridgehead atoms. The molecule has 0 aliphatic heterocycles. The van der Waals surface area contributed by atoms with Gasteiger partial charge in [-0.25, -0.2) is 0 Å². The number of allylic oxidation sites excluding steroid dienone is 1. The molecule has 0 aromatic carbocycles. The van der Waals surface area contributed by atoms with Gasteiger partial charge in [0.1, 0.15) is 5.76 Å². The van der Waals surface area contributed by atoms with Crippen molar-refractivity contribution in [2.45, 2.75) is 13.8 Å². The Morgan fingerprint density at radius 3 is 2.64 bits per heavy atom. The van der Waals surface area contributed by atoms with Crippen molar-refractivity contribution in [3.63, 3.8) is 0 Å². The van der Waals surface area contributed by atoms with Crippen LogP contribution in [0.25, 0.3) is 5.57 Å². The molecule has 0 spiro atoms. The highest BCUT2D eigenvalue weighted by atomic mass is 35.5. The van der Waals surface area contributed by atoms with Crippen molar-refractivity contribution in [1.82, 2.24) is 5.16 Å². The number of aryl methyl sites for hydroxylation is 2. The van der Waals surface area contributed by atoms with Gasteiger partial charge in [0.25, 0.3) is 0 Å². The van der Waals surface area contributed by atoms with Gasteiger partial charge in [0.2, 0.25) is 0 Å². The second kappa shape index (κ2) is 3.09. The second-order valence-corrected chi connectivity index (χ2v) is 2.70. The van der Waals surface area contributed by atoms with E-state index in [4.69, 9.17) is 16.1 Å². The van der Waals surface area contributed by atoms with Gasteiger partial charge < -0.3 is 4.52 Å². The van der Waals surface area contributed by atoms with E-state index in [0.29, 0.717) is 5.88 Å². The Morgan fingerprint density at radius 1 is 1.64 bits per heavy atom. The predicted molar refractivity (Wildman–Crippen MR) is 45.7 cm³/mol. The highest BCUT2D eigenvalue weighted by Crippen LogP contribution is 2.21. The quantitative estimate of drug-likeness (QED) is 0.640. The summed E-state index contributed by atoms with van der Waals surface area (Å²) in [5, 5.41) is 3.79. The molecule has 11 heavy (non-hydrogen) atoms. The molecule has 0 saturated carbocycles. The molecule has 3 heteroatoms. The summed E-state index contributed by atoms with van der Waals surface area (Å²) in [7, 11) is 0. The van der Waals surface area contributed by atoms with Crippen molar-refractivity contribution in [3.05, 3.63) is 23.6 Å². The zero-order valence-electron chi connectivity index (χ0n) is 6.65. The molecule has 2 nitrogen and oxygen atoms in total. The van der Waals surface area contributed by atoms with E-state index in [-0.39, 0.29) is 0 Å². The predicted octanol–water partition coefficient (Wildman–Crippen LogP) is 2.54. The molecule has 0 aliphatic rings. The van der Waals surface area contributed by atoms with Gasteiger partial charge in [-0.05, 0) is 19.4 Å². The molecule has 1 aromatic heterocycles. The molecule has 0 saturated heterocycles. The fourth-order valence-electron chi connectivity index (χ4n) is 1.05. The molecular formula is C8H10ClNO. The van der Waals surface area contributed by atoms with Crippen LogP contribution in [0.3, 0.4) is 0 Å². The van der Waals surface area contributed by atoms with E-state index in [1.54, 1.807) is 0 Å². The van der Waals surface area contributed by atoms with Gasteiger partial charge in [-0.1, -0.05) is 11.7 Å². The van der Waals surface area contributed by atoms with E-state index in [9.17, 15) is 0 Å². The number of halogens is 1. The lowest BCUT2D eigenvalue weighted by molar-refractivity contribution is 0.393. The standard InChI is InChI=1S/C8H10ClNO/c1-5(4-9)8-6(2)10-11-7(8)3/h1,4H2,2-3H3.